The fourth-order valence-corrected chi connectivity index (χ4v) is 3.93. The minimum atomic E-state index is -0.0596. The van der Waals surface area contributed by atoms with Crippen molar-refractivity contribution < 1.29 is 4.79 Å². The van der Waals surface area contributed by atoms with E-state index >= 15 is 0 Å². The molecule has 0 spiro atoms. The van der Waals surface area contributed by atoms with E-state index in [1.807, 2.05) is 48.1 Å². The Labute approximate surface area is 172 Å². The largest absolute Gasteiger partial charge is 0.372 e. The maximum atomic E-state index is 12.9. The highest BCUT2D eigenvalue weighted by atomic mass is 16.1. The van der Waals surface area contributed by atoms with Crippen LogP contribution >= 0.6 is 0 Å². The van der Waals surface area contributed by atoms with Gasteiger partial charge in [0, 0.05) is 36.7 Å². The van der Waals surface area contributed by atoms with E-state index in [4.69, 9.17) is 0 Å². The van der Waals surface area contributed by atoms with Crippen LogP contribution in [0.5, 0.6) is 0 Å². The molecule has 1 fully saturated rings. The summed E-state index contributed by atoms with van der Waals surface area (Å²) in [4.78, 5) is 15.4. The van der Waals surface area contributed by atoms with E-state index in [2.05, 4.69) is 39.6 Å². The number of amides is 1. The standard InChI is InChI=1S/C24H28N4O/c1-19(20-10-12-22(13-11-20)27-15-5-2-6-16-27)26-24(29)23-9-4-3-8-21(23)18-28-17-7-14-25-28/h3-4,7-14,17,19H,2,5-6,15-16,18H2,1H3,(H,26,29). The lowest BCUT2D eigenvalue weighted by Gasteiger charge is -2.29. The molecule has 5 nitrogen and oxygen atoms in total. The van der Waals surface area contributed by atoms with E-state index in [0.29, 0.717) is 12.1 Å². The lowest BCUT2D eigenvalue weighted by atomic mass is 10.0. The Balaban J connectivity index is 1.43. The summed E-state index contributed by atoms with van der Waals surface area (Å²) < 4.78 is 1.83. The zero-order valence-corrected chi connectivity index (χ0v) is 16.9. The third-order valence-electron chi connectivity index (χ3n) is 5.62. The minimum Gasteiger partial charge on any atom is -0.372 e. The summed E-state index contributed by atoms with van der Waals surface area (Å²) in [6, 6.07) is 18.2. The maximum Gasteiger partial charge on any atom is 0.252 e. The average Bonchev–Trinajstić information content (AvgIpc) is 3.28. The van der Waals surface area contributed by atoms with Crippen LogP contribution in [0.4, 0.5) is 5.69 Å². The minimum absolute atomic E-state index is 0.0552. The monoisotopic (exact) mass is 388 g/mol. The Morgan fingerprint density at radius 2 is 1.79 bits per heavy atom. The highest BCUT2D eigenvalue weighted by Gasteiger charge is 2.16. The predicted octanol–water partition coefficient (Wildman–Crippen LogP) is 4.41. The van der Waals surface area contributed by atoms with Gasteiger partial charge in [0.25, 0.3) is 5.91 Å². The molecule has 1 aliphatic heterocycles. The third-order valence-corrected chi connectivity index (χ3v) is 5.62. The van der Waals surface area contributed by atoms with Crippen molar-refractivity contribution in [2.75, 3.05) is 18.0 Å². The van der Waals surface area contributed by atoms with Gasteiger partial charge in [-0.25, -0.2) is 0 Å². The molecule has 1 atom stereocenters. The number of anilines is 1. The van der Waals surface area contributed by atoms with Gasteiger partial charge in [-0.1, -0.05) is 30.3 Å². The number of benzene rings is 2. The molecule has 150 valence electrons. The first-order chi connectivity index (χ1) is 14.2. The summed E-state index contributed by atoms with van der Waals surface area (Å²) in [6.45, 7) is 4.89. The zero-order chi connectivity index (χ0) is 20.1. The van der Waals surface area contributed by atoms with Crippen molar-refractivity contribution in [1.29, 1.82) is 0 Å². The number of piperidine rings is 1. The number of carbonyl (C=O) groups is 1. The molecule has 0 saturated carbocycles. The van der Waals surface area contributed by atoms with Gasteiger partial charge in [0.2, 0.25) is 0 Å². The Morgan fingerprint density at radius 1 is 1.03 bits per heavy atom. The summed E-state index contributed by atoms with van der Waals surface area (Å²) in [5.41, 5.74) is 4.04. The maximum absolute atomic E-state index is 12.9. The van der Waals surface area contributed by atoms with Crippen molar-refractivity contribution in [3.63, 3.8) is 0 Å². The molecule has 0 radical (unpaired) electrons. The van der Waals surface area contributed by atoms with Crippen molar-refractivity contribution in [3.8, 4) is 0 Å². The van der Waals surface area contributed by atoms with Crippen molar-refractivity contribution in [1.82, 2.24) is 15.1 Å². The average molecular weight is 389 g/mol. The van der Waals surface area contributed by atoms with Crippen molar-refractivity contribution in [3.05, 3.63) is 83.7 Å². The van der Waals surface area contributed by atoms with Crippen LogP contribution in [0.15, 0.2) is 67.0 Å². The van der Waals surface area contributed by atoms with E-state index < -0.39 is 0 Å². The predicted molar refractivity (Wildman–Crippen MR) is 116 cm³/mol. The number of nitrogens with one attached hydrogen (secondary N) is 1. The number of carbonyl (C=O) groups excluding carboxylic acids is 1. The second kappa shape index (κ2) is 8.95. The smallest absolute Gasteiger partial charge is 0.252 e. The lowest BCUT2D eigenvalue weighted by molar-refractivity contribution is 0.0939. The van der Waals surface area contributed by atoms with Gasteiger partial charge in [0.05, 0.1) is 12.6 Å². The second-order valence-corrected chi connectivity index (χ2v) is 7.70. The normalized spacial score (nSPS) is 15.1. The number of nitrogens with zero attached hydrogens (tertiary/aromatic N) is 3. The van der Waals surface area contributed by atoms with Crippen LogP contribution in [0, 0.1) is 0 Å². The van der Waals surface area contributed by atoms with Crippen LogP contribution in [0.1, 0.15) is 53.7 Å². The first-order valence-electron chi connectivity index (χ1n) is 10.4. The zero-order valence-electron chi connectivity index (χ0n) is 16.9. The second-order valence-electron chi connectivity index (χ2n) is 7.70. The molecule has 1 N–H and O–H groups in total. The van der Waals surface area contributed by atoms with Crippen LogP contribution < -0.4 is 10.2 Å². The first-order valence-corrected chi connectivity index (χ1v) is 10.4. The highest BCUT2D eigenvalue weighted by Crippen LogP contribution is 2.23. The molecule has 1 aromatic heterocycles. The van der Waals surface area contributed by atoms with Gasteiger partial charge >= 0.3 is 0 Å². The van der Waals surface area contributed by atoms with E-state index in [-0.39, 0.29) is 11.9 Å². The number of aromatic nitrogens is 2. The van der Waals surface area contributed by atoms with Crippen LogP contribution in [0.25, 0.3) is 0 Å². The molecule has 0 aliphatic carbocycles. The molecule has 5 heteroatoms. The molecule has 1 amide bonds. The highest BCUT2D eigenvalue weighted by molar-refractivity contribution is 5.95. The lowest BCUT2D eigenvalue weighted by Crippen LogP contribution is -2.29. The van der Waals surface area contributed by atoms with E-state index in [0.717, 1.165) is 24.2 Å². The molecular weight excluding hydrogens is 360 g/mol. The SMILES string of the molecule is CC(NC(=O)c1ccccc1Cn1cccn1)c1ccc(N2CCCCC2)cc1. The Morgan fingerprint density at radius 3 is 2.52 bits per heavy atom. The van der Waals surface area contributed by atoms with E-state index in [1.165, 1.54) is 24.9 Å². The third kappa shape index (κ3) is 4.67. The summed E-state index contributed by atoms with van der Waals surface area (Å²) in [6.07, 6.45) is 7.53. The molecular formula is C24H28N4O. The van der Waals surface area contributed by atoms with Crippen LogP contribution in [0.3, 0.4) is 0 Å². The number of hydrogen-bond donors (Lipinski definition) is 1. The van der Waals surface area contributed by atoms with Crippen LogP contribution in [0.2, 0.25) is 0 Å². The molecule has 3 aromatic rings. The van der Waals surface area contributed by atoms with Crippen molar-refractivity contribution in [2.45, 2.75) is 38.8 Å². The van der Waals surface area contributed by atoms with Gasteiger partial charge in [0.1, 0.15) is 0 Å². The van der Waals surface area contributed by atoms with E-state index in [9.17, 15) is 4.79 Å². The van der Waals surface area contributed by atoms with Gasteiger partial charge in [-0.3, -0.25) is 9.48 Å². The fraction of sp³-hybridized carbons (Fsp3) is 0.333. The van der Waals surface area contributed by atoms with Crippen LogP contribution in [-0.4, -0.2) is 28.8 Å². The molecule has 0 bridgehead atoms. The van der Waals surface area contributed by atoms with E-state index in [1.54, 1.807) is 6.20 Å². The van der Waals surface area contributed by atoms with Crippen molar-refractivity contribution >= 4 is 11.6 Å². The molecule has 1 unspecified atom stereocenters. The van der Waals surface area contributed by atoms with Crippen molar-refractivity contribution in [2.24, 2.45) is 0 Å². The summed E-state index contributed by atoms with van der Waals surface area (Å²) in [7, 11) is 0. The van der Waals surface area contributed by atoms with Crippen LogP contribution in [-0.2, 0) is 6.54 Å². The first kappa shape index (κ1) is 19.2. The molecule has 29 heavy (non-hydrogen) atoms. The number of rotatable bonds is 6. The molecule has 2 heterocycles. The Kier molecular flexibility index (Phi) is 5.94. The summed E-state index contributed by atoms with van der Waals surface area (Å²) in [5, 5.41) is 7.40. The molecule has 1 aliphatic rings. The molecule has 1 saturated heterocycles. The molecule has 2 aromatic carbocycles. The summed E-state index contributed by atoms with van der Waals surface area (Å²) >= 11 is 0. The van der Waals surface area contributed by atoms with Gasteiger partial charge in [0.15, 0.2) is 0 Å². The quantitative estimate of drug-likeness (QED) is 0.680. The van der Waals surface area contributed by atoms with Gasteiger partial charge in [-0.15, -0.1) is 0 Å². The topological polar surface area (TPSA) is 50.2 Å². The molecule has 4 rings (SSSR count). The van der Waals surface area contributed by atoms with Gasteiger partial charge in [-0.2, -0.15) is 5.10 Å². The Bertz CT molecular complexity index is 928. The fourth-order valence-electron chi connectivity index (χ4n) is 3.93. The van der Waals surface area contributed by atoms with Gasteiger partial charge in [-0.05, 0) is 61.6 Å². The van der Waals surface area contributed by atoms with Gasteiger partial charge < -0.3 is 10.2 Å². The summed E-state index contributed by atoms with van der Waals surface area (Å²) in [5.74, 6) is -0.0552. The Hall–Kier alpha value is -3.08. The number of hydrogen-bond acceptors (Lipinski definition) is 3.